The fraction of sp³-hybridized carbons (Fsp3) is 0.556. The number of methoxy groups -OCH3 is 1. The maximum Gasteiger partial charge on any atom is 0.341 e. The van der Waals surface area contributed by atoms with Crippen LogP contribution in [0.2, 0.25) is 0 Å². The Balaban J connectivity index is 3.01. The van der Waals surface area contributed by atoms with Gasteiger partial charge in [-0.05, 0) is 44.9 Å². The summed E-state index contributed by atoms with van der Waals surface area (Å²) in [6, 6.07) is 4.87. The van der Waals surface area contributed by atoms with Crippen molar-refractivity contribution in [3.05, 3.63) is 23.8 Å². The third-order valence-electron chi connectivity index (χ3n) is 3.72. The van der Waals surface area contributed by atoms with Gasteiger partial charge in [-0.2, -0.15) is 0 Å². The third kappa shape index (κ3) is 4.96. The number of esters is 1. The summed E-state index contributed by atoms with van der Waals surface area (Å²) in [5, 5.41) is 2.80. The van der Waals surface area contributed by atoms with Crippen molar-refractivity contribution in [2.24, 2.45) is 0 Å². The maximum absolute atomic E-state index is 12.5. The molecular formula is C18H27NO5. The molecule has 1 amide bonds. The number of carbonyl (C=O) groups is 2. The fourth-order valence-corrected chi connectivity index (χ4v) is 2.08. The Kier molecular flexibility index (Phi) is 7.71. The van der Waals surface area contributed by atoms with Crippen LogP contribution in [-0.4, -0.2) is 37.8 Å². The summed E-state index contributed by atoms with van der Waals surface area (Å²) >= 11 is 0. The van der Waals surface area contributed by atoms with Gasteiger partial charge < -0.3 is 19.5 Å². The number of hydrogen-bond acceptors (Lipinski definition) is 5. The lowest BCUT2D eigenvalue weighted by Crippen LogP contribution is -2.42. The van der Waals surface area contributed by atoms with Gasteiger partial charge in [-0.25, -0.2) is 4.79 Å². The first kappa shape index (κ1) is 20.0. The van der Waals surface area contributed by atoms with Gasteiger partial charge in [0.05, 0.1) is 13.7 Å². The van der Waals surface area contributed by atoms with Crippen LogP contribution in [0, 0.1) is 0 Å². The monoisotopic (exact) mass is 337 g/mol. The second-order valence-corrected chi connectivity index (χ2v) is 5.52. The van der Waals surface area contributed by atoms with Crippen LogP contribution in [-0.2, 0) is 14.3 Å². The van der Waals surface area contributed by atoms with Gasteiger partial charge in [0, 0.05) is 12.3 Å². The number of carbonyl (C=O) groups excluding carboxylic acids is 2. The lowest BCUT2D eigenvalue weighted by Gasteiger charge is -2.27. The molecular weight excluding hydrogens is 310 g/mol. The van der Waals surface area contributed by atoms with Gasteiger partial charge in [0.15, 0.2) is 0 Å². The van der Waals surface area contributed by atoms with Crippen LogP contribution in [0.3, 0.4) is 0 Å². The Labute approximate surface area is 143 Å². The number of rotatable bonds is 9. The average Bonchev–Trinajstić information content (AvgIpc) is 2.60. The van der Waals surface area contributed by atoms with Crippen molar-refractivity contribution in [3.8, 4) is 5.75 Å². The molecule has 0 radical (unpaired) electrons. The summed E-state index contributed by atoms with van der Waals surface area (Å²) in [4.78, 5) is 24.5. The topological polar surface area (TPSA) is 73.9 Å². The predicted octanol–water partition coefficient (Wildman–Crippen LogP) is 3.41. The quantitative estimate of drug-likeness (QED) is 0.699. The first-order valence-corrected chi connectivity index (χ1v) is 8.22. The standard InChI is InChI=1S/C18H27NO5/c1-6-11-24-18(4,7-2)17(21)19-13-9-10-15(23-8-3)14(12-13)16(20)22-5/h9-10,12H,6-8,11H2,1-5H3,(H,19,21)/t18-/m1/s1. The predicted molar refractivity (Wildman–Crippen MR) is 92.5 cm³/mol. The molecule has 0 aliphatic rings. The molecule has 1 aromatic carbocycles. The minimum Gasteiger partial charge on any atom is -0.493 e. The first-order chi connectivity index (χ1) is 11.4. The van der Waals surface area contributed by atoms with E-state index in [0.717, 1.165) is 6.42 Å². The van der Waals surface area contributed by atoms with Crippen LogP contribution in [0.25, 0.3) is 0 Å². The van der Waals surface area contributed by atoms with Crippen molar-refractivity contribution < 1.29 is 23.8 Å². The molecule has 6 nitrogen and oxygen atoms in total. The van der Waals surface area contributed by atoms with Gasteiger partial charge in [-0.3, -0.25) is 4.79 Å². The molecule has 1 rings (SSSR count). The zero-order valence-electron chi connectivity index (χ0n) is 15.1. The van der Waals surface area contributed by atoms with Crippen LogP contribution in [0.5, 0.6) is 5.75 Å². The van der Waals surface area contributed by atoms with E-state index in [9.17, 15) is 9.59 Å². The summed E-state index contributed by atoms with van der Waals surface area (Å²) in [5.74, 6) is -0.351. The van der Waals surface area contributed by atoms with E-state index in [1.165, 1.54) is 7.11 Å². The number of benzene rings is 1. The van der Waals surface area contributed by atoms with Crippen LogP contribution in [0.1, 0.15) is 50.9 Å². The van der Waals surface area contributed by atoms with Crippen molar-refractivity contribution >= 4 is 17.6 Å². The van der Waals surface area contributed by atoms with E-state index in [2.05, 4.69) is 5.32 Å². The first-order valence-electron chi connectivity index (χ1n) is 8.22. The van der Waals surface area contributed by atoms with Crippen molar-refractivity contribution in [2.75, 3.05) is 25.6 Å². The van der Waals surface area contributed by atoms with Crippen molar-refractivity contribution in [2.45, 2.75) is 46.1 Å². The number of nitrogens with one attached hydrogen (secondary N) is 1. The number of ether oxygens (including phenoxy) is 3. The molecule has 0 aromatic heterocycles. The Morgan fingerprint density at radius 1 is 1.21 bits per heavy atom. The summed E-state index contributed by atoms with van der Waals surface area (Å²) in [5.41, 5.74) is -0.159. The highest BCUT2D eigenvalue weighted by molar-refractivity contribution is 5.99. The third-order valence-corrected chi connectivity index (χ3v) is 3.72. The molecule has 0 saturated heterocycles. The zero-order valence-corrected chi connectivity index (χ0v) is 15.1. The summed E-state index contributed by atoms with van der Waals surface area (Å²) in [6.07, 6.45) is 1.37. The molecule has 1 N–H and O–H groups in total. The van der Waals surface area contributed by atoms with Crippen LogP contribution in [0.15, 0.2) is 18.2 Å². The van der Waals surface area contributed by atoms with E-state index in [4.69, 9.17) is 14.2 Å². The molecule has 1 aromatic rings. The van der Waals surface area contributed by atoms with E-state index < -0.39 is 11.6 Å². The molecule has 0 aliphatic carbocycles. The smallest absolute Gasteiger partial charge is 0.341 e. The lowest BCUT2D eigenvalue weighted by molar-refractivity contribution is -0.139. The average molecular weight is 337 g/mol. The highest BCUT2D eigenvalue weighted by Crippen LogP contribution is 2.25. The van der Waals surface area contributed by atoms with E-state index in [0.29, 0.717) is 31.1 Å². The van der Waals surface area contributed by atoms with Gasteiger partial charge >= 0.3 is 5.97 Å². The molecule has 0 bridgehead atoms. The summed E-state index contributed by atoms with van der Waals surface area (Å²) in [6.45, 7) is 8.40. The SMILES string of the molecule is CCCO[C@](C)(CC)C(=O)Nc1ccc(OCC)c(C(=O)OC)c1. The van der Waals surface area contributed by atoms with Crippen LogP contribution in [0.4, 0.5) is 5.69 Å². The van der Waals surface area contributed by atoms with E-state index in [-0.39, 0.29) is 11.5 Å². The molecule has 6 heteroatoms. The molecule has 134 valence electrons. The molecule has 0 heterocycles. The molecule has 24 heavy (non-hydrogen) atoms. The highest BCUT2D eigenvalue weighted by atomic mass is 16.5. The Morgan fingerprint density at radius 2 is 1.92 bits per heavy atom. The van der Waals surface area contributed by atoms with Gasteiger partial charge in [0.1, 0.15) is 16.9 Å². The van der Waals surface area contributed by atoms with Crippen molar-refractivity contribution in [1.29, 1.82) is 0 Å². The van der Waals surface area contributed by atoms with Gasteiger partial charge in [0.2, 0.25) is 0 Å². The second-order valence-electron chi connectivity index (χ2n) is 5.52. The molecule has 0 unspecified atom stereocenters. The van der Waals surface area contributed by atoms with Gasteiger partial charge in [-0.15, -0.1) is 0 Å². The minimum absolute atomic E-state index is 0.251. The molecule has 0 aliphatic heterocycles. The van der Waals surface area contributed by atoms with E-state index in [1.807, 2.05) is 20.8 Å². The van der Waals surface area contributed by atoms with E-state index in [1.54, 1.807) is 25.1 Å². The molecule has 0 saturated carbocycles. The van der Waals surface area contributed by atoms with Crippen molar-refractivity contribution in [3.63, 3.8) is 0 Å². The molecule has 0 spiro atoms. The largest absolute Gasteiger partial charge is 0.493 e. The van der Waals surface area contributed by atoms with E-state index >= 15 is 0 Å². The van der Waals surface area contributed by atoms with Crippen molar-refractivity contribution in [1.82, 2.24) is 0 Å². The fourth-order valence-electron chi connectivity index (χ4n) is 2.08. The normalized spacial score (nSPS) is 13.0. The number of amides is 1. The van der Waals surface area contributed by atoms with Crippen LogP contribution >= 0.6 is 0 Å². The maximum atomic E-state index is 12.5. The van der Waals surface area contributed by atoms with Crippen LogP contribution < -0.4 is 10.1 Å². The number of hydrogen-bond donors (Lipinski definition) is 1. The van der Waals surface area contributed by atoms with Gasteiger partial charge in [-0.1, -0.05) is 13.8 Å². The molecule has 0 fully saturated rings. The van der Waals surface area contributed by atoms with Gasteiger partial charge in [0.25, 0.3) is 5.91 Å². The second kappa shape index (κ2) is 9.27. The summed E-state index contributed by atoms with van der Waals surface area (Å²) < 4.78 is 15.9. The highest BCUT2D eigenvalue weighted by Gasteiger charge is 2.32. The minimum atomic E-state index is -0.917. The lowest BCUT2D eigenvalue weighted by atomic mass is 10.0. The Hall–Kier alpha value is -2.08. The zero-order chi connectivity index (χ0) is 18.2. The summed E-state index contributed by atoms with van der Waals surface area (Å²) in [7, 11) is 1.30. The Morgan fingerprint density at radius 3 is 2.46 bits per heavy atom. The molecule has 1 atom stereocenters. The number of anilines is 1. The Bertz CT molecular complexity index is 573.